The maximum Gasteiger partial charge on any atom is 0.138 e. The van der Waals surface area contributed by atoms with Crippen LogP contribution in [0.1, 0.15) is 59.3 Å². The summed E-state index contributed by atoms with van der Waals surface area (Å²) < 4.78 is 0. The summed E-state index contributed by atoms with van der Waals surface area (Å²) >= 11 is 0. The summed E-state index contributed by atoms with van der Waals surface area (Å²) in [6, 6.07) is 0. The van der Waals surface area contributed by atoms with Crippen LogP contribution in [0.3, 0.4) is 0 Å². The monoisotopic (exact) mass is 211 g/mol. The van der Waals surface area contributed by atoms with Crippen molar-refractivity contribution in [1.82, 2.24) is 0 Å². The minimum absolute atomic E-state index is 0.0105. The summed E-state index contributed by atoms with van der Waals surface area (Å²) in [7, 11) is 0. The van der Waals surface area contributed by atoms with E-state index in [4.69, 9.17) is 5.73 Å². The molecule has 0 unspecified atom stereocenters. The number of Topliss-reactive ketones (excluding diaryl/α,β-unsaturated/α-hetero) is 1. The van der Waals surface area contributed by atoms with Gasteiger partial charge in [-0.2, -0.15) is 0 Å². The zero-order valence-corrected chi connectivity index (χ0v) is 10.4. The van der Waals surface area contributed by atoms with Gasteiger partial charge in [-0.25, -0.2) is 0 Å². The molecular weight excluding hydrogens is 186 g/mol. The molecule has 1 saturated carbocycles. The van der Waals surface area contributed by atoms with E-state index >= 15 is 0 Å². The van der Waals surface area contributed by atoms with E-state index in [2.05, 4.69) is 13.8 Å². The molecule has 2 N–H and O–H groups in total. The molecule has 0 aromatic heterocycles. The van der Waals surface area contributed by atoms with Crippen LogP contribution in [0.5, 0.6) is 0 Å². The van der Waals surface area contributed by atoms with Gasteiger partial charge in [0.25, 0.3) is 0 Å². The van der Waals surface area contributed by atoms with Crippen LogP contribution in [0.4, 0.5) is 0 Å². The maximum absolute atomic E-state index is 12.0. The van der Waals surface area contributed by atoms with Gasteiger partial charge in [-0.3, -0.25) is 4.79 Å². The summed E-state index contributed by atoms with van der Waals surface area (Å²) in [6.45, 7) is 7.14. The van der Waals surface area contributed by atoms with Gasteiger partial charge in [-0.15, -0.1) is 0 Å². The fourth-order valence-electron chi connectivity index (χ4n) is 2.74. The molecule has 15 heavy (non-hydrogen) atoms. The van der Waals surface area contributed by atoms with Gasteiger partial charge < -0.3 is 5.73 Å². The average molecular weight is 211 g/mol. The Morgan fingerprint density at radius 3 is 2.07 bits per heavy atom. The van der Waals surface area contributed by atoms with Gasteiger partial charge in [-0.1, -0.05) is 20.8 Å². The number of hydrogen-bond acceptors (Lipinski definition) is 2. The Hall–Kier alpha value is -0.370. The normalized spacial score (nSPS) is 36.5. The Morgan fingerprint density at radius 2 is 1.73 bits per heavy atom. The number of rotatable bonds is 4. The number of carbonyl (C=O) groups excluding carboxylic acids is 1. The molecule has 0 saturated heterocycles. The molecule has 1 aliphatic rings. The van der Waals surface area contributed by atoms with Gasteiger partial charge in [0.05, 0.1) is 0 Å². The molecule has 1 aliphatic carbocycles. The Kier molecular flexibility index (Phi) is 3.93. The van der Waals surface area contributed by atoms with E-state index in [1.165, 1.54) is 0 Å². The summed E-state index contributed by atoms with van der Waals surface area (Å²) in [4.78, 5) is 12.0. The molecule has 2 nitrogen and oxygen atoms in total. The lowest BCUT2D eigenvalue weighted by Gasteiger charge is -2.43. The molecule has 0 aliphatic heterocycles. The maximum atomic E-state index is 12.0. The van der Waals surface area contributed by atoms with Crippen molar-refractivity contribution in [2.75, 3.05) is 6.54 Å². The van der Waals surface area contributed by atoms with Crippen LogP contribution in [0, 0.1) is 10.8 Å². The molecule has 0 atom stereocenters. The van der Waals surface area contributed by atoms with Gasteiger partial charge in [0.15, 0.2) is 0 Å². The molecule has 0 spiro atoms. The zero-order valence-electron chi connectivity index (χ0n) is 10.4. The van der Waals surface area contributed by atoms with Crippen molar-refractivity contribution in [3.63, 3.8) is 0 Å². The molecule has 1 rings (SSSR count). The first-order chi connectivity index (χ1) is 7.02. The predicted molar refractivity (Wildman–Crippen MR) is 63.7 cm³/mol. The lowest BCUT2D eigenvalue weighted by Crippen LogP contribution is -2.40. The van der Waals surface area contributed by atoms with E-state index < -0.39 is 0 Å². The predicted octanol–water partition coefficient (Wildman–Crippen LogP) is 2.90. The fraction of sp³-hybridized carbons (Fsp3) is 0.923. The SMILES string of the molecule is CCC(=O)C1(CC)CCC(C)(CN)CC1. The van der Waals surface area contributed by atoms with Gasteiger partial charge in [0.1, 0.15) is 5.78 Å². The van der Waals surface area contributed by atoms with Crippen LogP contribution in [0.2, 0.25) is 0 Å². The molecule has 2 heteroatoms. The first-order valence-corrected chi connectivity index (χ1v) is 6.25. The highest BCUT2D eigenvalue weighted by atomic mass is 16.1. The first kappa shape index (κ1) is 12.7. The van der Waals surface area contributed by atoms with Crippen LogP contribution in [0.25, 0.3) is 0 Å². The summed E-state index contributed by atoms with van der Waals surface area (Å²) in [5.41, 5.74) is 6.07. The first-order valence-electron chi connectivity index (χ1n) is 6.25. The van der Waals surface area contributed by atoms with Gasteiger partial charge in [-0.05, 0) is 44.1 Å². The Bertz CT molecular complexity index is 227. The van der Waals surface area contributed by atoms with Gasteiger partial charge in [0.2, 0.25) is 0 Å². The zero-order chi connectivity index (χ0) is 11.5. The van der Waals surface area contributed by atoms with Crippen molar-refractivity contribution in [2.45, 2.75) is 59.3 Å². The standard InChI is InChI=1S/C13H25NO/c1-4-11(15)13(5-2)8-6-12(3,10-14)7-9-13/h4-10,14H2,1-3H3. The van der Waals surface area contributed by atoms with Crippen LogP contribution in [0.15, 0.2) is 0 Å². The van der Waals surface area contributed by atoms with E-state index in [1.54, 1.807) is 0 Å². The van der Waals surface area contributed by atoms with Crippen molar-refractivity contribution in [2.24, 2.45) is 16.6 Å². The summed E-state index contributed by atoms with van der Waals surface area (Å²) in [6.07, 6.45) is 6.01. The lowest BCUT2D eigenvalue weighted by atomic mass is 9.61. The van der Waals surface area contributed by atoms with Crippen LogP contribution < -0.4 is 5.73 Å². The van der Waals surface area contributed by atoms with E-state index in [0.717, 1.165) is 38.6 Å². The third kappa shape index (κ3) is 2.41. The third-order valence-electron chi connectivity index (χ3n) is 4.50. The number of hydrogen-bond donors (Lipinski definition) is 1. The minimum atomic E-state index is -0.0105. The molecule has 0 aromatic rings. The average Bonchev–Trinajstić information content (AvgIpc) is 2.29. The molecule has 0 amide bonds. The molecule has 0 heterocycles. The van der Waals surface area contributed by atoms with E-state index in [1.807, 2.05) is 6.92 Å². The summed E-state index contributed by atoms with van der Waals surface area (Å²) in [5.74, 6) is 0.462. The molecule has 88 valence electrons. The van der Waals surface area contributed by atoms with Crippen molar-refractivity contribution in [3.8, 4) is 0 Å². The second-order valence-corrected chi connectivity index (χ2v) is 5.43. The number of nitrogens with two attached hydrogens (primary N) is 1. The minimum Gasteiger partial charge on any atom is -0.330 e. The highest BCUT2D eigenvalue weighted by Crippen LogP contribution is 2.47. The summed E-state index contributed by atoms with van der Waals surface area (Å²) in [5, 5.41) is 0. The topological polar surface area (TPSA) is 43.1 Å². The molecule has 0 bridgehead atoms. The van der Waals surface area contributed by atoms with Crippen LogP contribution in [-0.4, -0.2) is 12.3 Å². The highest BCUT2D eigenvalue weighted by Gasteiger charge is 2.42. The quantitative estimate of drug-likeness (QED) is 0.777. The highest BCUT2D eigenvalue weighted by molar-refractivity contribution is 5.84. The lowest BCUT2D eigenvalue weighted by molar-refractivity contribution is -0.132. The van der Waals surface area contributed by atoms with Crippen molar-refractivity contribution in [3.05, 3.63) is 0 Å². The number of carbonyl (C=O) groups is 1. The van der Waals surface area contributed by atoms with E-state index in [0.29, 0.717) is 12.2 Å². The molecule has 0 radical (unpaired) electrons. The number of ketones is 1. The van der Waals surface area contributed by atoms with Gasteiger partial charge in [0, 0.05) is 11.8 Å². The molecular formula is C13H25NO. The second-order valence-electron chi connectivity index (χ2n) is 5.43. The van der Waals surface area contributed by atoms with Crippen molar-refractivity contribution < 1.29 is 4.79 Å². The van der Waals surface area contributed by atoms with E-state index in [-0.39, 0.29) is 10.8 Å². The van der Waals surface area contributed by atoms with Crippen LogP contribution in [-0.2, 0) is 4.79 Å². The van der Waals surface area contributed by atoms with E-state index in [9.17, 15) is 4.79 Å². The Morgan fingerprint density at radius 1 is 1.20 bits per heavy atom. The Labute approximate surface area is 93.6 Å². The van der Waals surface area contributed by atoms with Gasteiger partial charge >= 0.3 is 0 Å². The van der Waals surface area contributed by atoms with Crippen molar-refractivity contribution in [1.29, 1.82) is 0 Å². The second kappa shape index (κ2) is 4.65. The fourth-order valence-corrected chi connectivity index (χ4v) is 2.74. The Balaban J connectivity index is 2.71. The molecule has 1 fully saturated rings. The van der Waals surface area contributed by atoms with Crippen molar-refractivity contribution >= 4 is 5.78 Å². The largest absolute Gasteiger partial charge is 0.330 e. The molecule has 0 aromatic carbocycles. The third-order valence-corrected chi connectivity index (χ3v) is 4.50. The smallest absolute Gasteiger partial charge is 0.138 e. The van der Waals surface area contributed by atoms with Crippen LogP contribution >= 0.6 is 0 Å².